The van der Waals surface area contributed by atoms with Crippen LogP contribution in [0.25, 0.3) is 0 Å². The first-order valence-corrected chi connectivity index (χ1v) is 13.0. The molecule has 4 unspecified atom stereocenters. The van der Waals surface area contributed by atoms with E-state index in [0.717, 1.165) is 16.9 Å². The maximum absolute atomic E-state index is 13.3. The number of nitrogens with zero attached hydrogens (tertiary/aromatic N) is 1. The number of carbonyl (C=O) groups excluding carboxylic acids is 2. The highest BCUT2D eigenvalue weighted by molar-refractivity contribution is 7.10. The predicted octanol–water partition coefficient (Wildman–Crippen LogP) is 4.33. The van der Waals surface area contributed by atoms with Crippen molar-refractivity contribution in [2.75, 3.05) is 6.54 Å². The maximum atomic E-state index is 13.3. The number of likely N-dealkylation sites (tertiary alicyclic amines) is 1. The average Bonchev–Trinajstić information content (AvgIpc) is 3.54. The van der Waals surface area contributed by atoms with E-state index in [1.807, 2.05) is 11.4 Å². The second kappa shape index (κ2) is 13.6. The number of hydrogen-bond donors (Lipinski definition) is 3. The molecular weight excluding hydrogens is 505 g/mol. The highest BCUT2D eigenvalue weighted by Crippen LogP contribution is 2.31. The van der Waals surface area contributed by atoms with Crippen molar-refractivity contribution in [2.24, 2.45) is 5.92 Å². The first kappa shape index (κ1) is 28.6. The number of rotatable bonds is 11. The van der Waals surface area contributed by atoms with Crippen LogP contribution in [-0.2, 0) is 22.6 Å². The third-order valence-corrected chi connectivity index (χ3v) is 7.29. The molecule has 0 bridgehead atoms. The molecule has 3 rings (SSSR count). The smallest absolute Gasteiger partial charge is 0.254 e. The van der Waals surface area contributed by atoms with Gasteiger partial charge in [-0.2, -0.15) is 0 Å². The quantitative estimate of drug-likeness (QED) is 0.367. The topological polar surface area (TPSA) is 89.9 Å². The molecule has 0 spiro atoms. The minimum atomic E-state index is -1.93. The molecule has 200 valence electrons. The maximum Gasteiger partial charge on any atom is 0.254 e. The van der Waals surface area contributed by atoms with E-state index >= 15 is 0 Å². The summed E-state index contributed by atoms with van der Waals surface area (Å²) in [5.41, 5.74) is 0.959. The minimum Gasteiger partial charge on any atom is -0.380 e. The van der Waals surface area contributed by atoms with Crippen molar-refractivity contribution in [1.29, 1.82) is 0 Å². The number of carbonyl (C=O) groups is 2. The molecule has 1 fully saturated rings. The molecule has 4 atom stereocenters. The number of amides is 2. The van der Waals surface area contributed by atoms with E-state index < -0.39 is 35.7 Å². The van der Waals surface area contributed by atoms with Gasteiger partial charge in [0.2, 0.25) is 0 Å². The Labute approximate surface area is 218 Å². The molecule has 1 saturated heterocycles. The molecule has 3 N–H and O–H groups in total. The van der Waals surface area contributed by atoms with Gasteiger partial charge in [0.1, 0.15) is 17.5 Å². The fourth-order valence-electron chi connectivity index (χ4n) is 4.43. The lowest BCUT2D eigenvalue weighted by molar-refractivity contribution is -0.154. The van der Waals surface area contributed by atoms with Gasteiger partial charge in [-0.15, -0.1) is 11.3 Å². The van der Waals surface area contributed by atoms with Gasteiger partial charge in [0, 0.05) is 29.5 Å². The summed E-state index contributed by atoms with van der Waals surface area (Å²) >= 11 is 1.38. The summed E-state index contributed by atoms with van der Waals surface area (Å²) in [6.07, 6.45) is 7.12. The number of halogens is 3. The van der Waals surface area contributed by atoms with Gasteiger partial charge in [-0.3, -0.25) is 9.59 Å². The van der Waals surface area contributed by atoms with Crippen LogP contribution in [0.3, 0.4) is 0 Å². The summed E-state index contributed by atoms with van der Waals surface area (Å²) in [6, 6.07) is 1.62. The number of allylic oxidation sites excluding steroid dienone is 8. The fourth-order valence-corrected chi connectivity index (χ4v) is 5.29. The molecule has 0 aromatic carbocycles. The Balaban J connectivity index is 1.46. The zero-order valence-corrected chi connectivity index (χ0v) is 21.1. The van der Waals surface area contributed by atoms with Gasteiger partial charge < -0.3 is 20.4 Å². The van der Waals surface area contributed by atoms with Crippen LogP contribution in [0.4, 0.5) is 13.2 Å². The Morgan fingerprint density at radius 2 is 2.08 bits per heavy atom. The molecule has 10 heteroatoms. The van der Waals surface area contributed by atoms with Gasteiger partial charge >= 0.3 is 0 Å². The highest BCUT2D eigenvalue weighted by Gasteiger charge is 2.40. The van der Waals surface area contributed by atoms with Gasteiger partial charge in [-0.1, -0.05) is 18.7 Å². The number of hydrogen-bond acceptors (Lipinski definition) is 5. The van der Waals surface area contributed by atoms with Crippen molar-refractivity contribution in [3.8, 4) is 0 Å². The second-order valence-electron chi connectivity index (χ2n) is 9.03. The number of aliphatic hydroxyl groups is 2. The summed E-state index contributed by atoms with van der Waals surface area (Å²) in [4.78, 5) is 27.6. The lowest BCUT2D eigenvalue weighted by atomic mass is 9.90. The Bertz CT molecular complexity index is 1110. The van der Waals surface area contributed by atoms with Crippen LogP contribution in [0, 0.1) is 5.92 Å². The van der Waals surface area contributed by atoms with E-state index in [1.54, 1.807) is 12.2 Å². The van der Waals surface area contributed by atoms with Crippen LogP contribution in [0.15, 0.2) is 72.0 Å². The summed E-state index contributed by atoms with van der Waals surface area (Å²) in [6.45, 7) is 3.46. The zero-order chi connectivity index (χ0) is 26.9. The number of aryl methyl sites for hydroxylation is 1. The molecule has 2 aliphatic rings. The lowest BCUT2D eigenvalue weighted by Crippen LogP contribution is -2.52. The van der Waals surface area contributed by atoms with Crippen LogP contribution in [-0.4, -0.2) is 51.7 Å². The molecular formula is C27H31F3N2O4S. The normalized spacial score (nSPS) is 21.7. The summed E-state index contributed by atoms with van der Waals surface area (Å²) in [5.74, 6) is -3.58. The van der Waals surface area contributed by atoms with Crippen LogP contribution in [0.5, 0.6) is 0 Å². The number of aliphatic hydroxyl groups excluding tert-OH is 2. The number of thiophene rings is 1. The monoisotopic (exact) mass is 536 g/mol. The van der Waals surface area contributed by atoms with Crippen LogP contribution >= 0.6 is 11.3 Å². The van der Waals surface area contributed by atoms with Crippen LogP contribution in [0.2, 0.25) is 0 Å². The van der Waals surface area contributed by atoms with Crippen LogP contribution < -0.4 is 5.32 Å². The van der Waals surface area contributed by atoms with E-state index in [9.17, 15) is 33.0 Å². The second-order valence-corrected chi connectivity index (χ2v) is 10.0. The molecule has 1 aliphatic heterocycles. The van der Waals surface area contributed by atoms with Crippen molar-refractivity contribution < 1.29 is 33.0 Å². The molecule has 37 heavy (non-hydrogen) atoms. The summed E-state index contributed by atoms with van der Waals surface area (Å²) < 4.78 is 39.1. The zero-order valence-electron chi connectivity index (χ0n) is 20.3. The molecule has 2 amide bonds. The first-order chi connectivity index (χ1) is 17.7. The van der Waals surface area contributed by atoms with Gasteiger partial charge in [-0.05, 0) is 67.3 Å². The molecule has 2 heterocycles. The van der Waals surface area contributed by atoms with E-state index in [0.29, 0.717) is 38.3 Å². The van der Waals surface area contributed by atoms with Gasteiger partial charge in [0.05, 0.1) is 6.54 Å². The molecule has 0 radical (unpaired) electrons. The van der Waals surface area contributed by atoms with Crippen LogP contribution in [0.1, 0.15) is 36.1 Å². The van der Waals surface area contributed by atoms with Crippen molar-refractivity contribution in [3.05, 3.63) is 82.4 Å². The Morgan fingerprint density at radius 3 is 2.78 bits per heavy atom. The van der Waals surface area contributed by atoms with Crippen molar-refractivity contribution in [2.45, 2.75) is 56.9 Å². The average molecular weight is 537 g/mol. The first-order valence-electron chi connectivity index (χ1n) is 12.1. The molecule has 1 aliphatic carbocycles. The summed E-state index contributed by atoms with van der Waals surface area (Å²) in [7, 11) is 0. The predicted molar refractivity (Wildman–Crippen MR) is 136 cm³/mol. The highest BCUT2D eigenvalue weighted by atomic mass is 32.1. The van der Waals surface area contributed by atoms with Gasteiger partial charge in [0.15, 0.2) is 12.2 Å². The Morgan fingerprint density at radius 1 is 1.30 bits per heavy atom. The standard InChI is InChI=1S/C27H31F3N2O4S/c1-17(28)13-21(30)6-3-2-5-18-14-22(37-16-18)15-31-26(35)24(33)25(34)27(36)32-12-4-7-23(32)19-8-10-20(29)11-9-19/h3,6,8,10-11,13-14,16,19,23-25,33-34H,1-2,4-5,7,9,12,15H2,(H,31,35)/b6-3-,21-13+. The molecule has 0 saturated carbocycles. The minimum absolute atomic E-state index is 0.0849. The lowest BCUT2D eigenvalue weighted by Gasteiger charge is -2.32. The largest absolute Gasteiger partial charge is 0.380 e. The van der Waals surface area contributed by atoms with E-state index in [4.69, 9.17) is 0 Å². The molecule has 1 aromatic rings. The molecule has 1 aromatic heterocycles. The fraction of sp³-hybridized carbons (Fsp3) is 0.407. The van der Waals surface area contributed by atoms with Crippen molar-refractivity contribution in [1.82, 2.24) is 10.2 Å². The van der Waals surface area contributed by atoms with Crippen molar-refractivity contribution >= 4 is 23.2 Å². The number of nitrogens with one attached hydrogen (secondary N) is 1. The summed E-state index contributed by atoms with van der Waals surface area (Å²) in [5, 5.41) is 25.2. The van der Waals surface area contributed by atoms with E-state index in [1.165, 1.54) is 34.5 Å². The van der Waals surface area contributed by atoms with E-state index in [-0.39, 0.29) is 24.3 Å². The van der Waals surface area contributed by atoms with Crippen molar-refractivity contribution in [3.63, 3.8) is 0 Å². The van der Waals surface area contributed by atoms with Gasteiger partial charge in [0.25, 0.3) is 11.8 Å². The third-order valence-electron chi connectivity index (χ3n) is 6.30. The third kappa shape index (κ3) is 8.28. The Kier molecular flexibility index (Phi) is 10.5. The molecule has 6 nitrogen and oxygen atoms in total. The SMILES string of the molecule is C=C(F)/C=C(F)\C=C/CCc1csc(CNC(=O)C(O)C(O)C(=O)N2CCCC2C2C=CC(F)=CC2)c1. The van der Waals surface area contributed by atoms with Gasteiger partial charge in [-0.25, -0.2) is 13.2 Å². The Hall–Kier alpha value is -2.95. The van der Waals surface area contributed by atoms with E-state index in [2.05, 4.69) is 11.9 Å².